The molecule has 0 aromatic carbocycles. The van der Waals surface area contributed by atoms with Crippen molar-refractivity contribution in [3.05, 3.63) is 0 Å². The molecule has 5 heteroatoms. The first-order valence-corrected chi connectivity index (χ1v) is 10.2. The van der Waals surface area contributed by atoms with Gasteiger partial charge in [-0.2, -0.15) is 0 Å². The predicted octanol–water partition coefficient (Wildman–Crippen LogP) is 2.24. The van der Waals surface area contributed by atoms with Crippen LogP contribution in [-0.2, 0) is 14.6 Å². The van der Waals surface area contributed by atoms with E-state index in [0.29, 0.717) is 36.1 Å². The number of sulfone groups is 1. The standard InChI is InChI=1S/C16H31NO3S/c1-12(2)15-5-4-13(3)10-16(15)20-8-7-17-14-6-9-21(18,19)11-14/h12-17H,4-11H2,1-3H3. The topological polar surface area (TPSA) is 55.4 Å². The third kappa shape index (κ3) is 5.22. The molecular formula is C16H31NO3S. The molecule has 0 bridgehead atoms. The van der Waals surface area contributed by atoms with Crippen LogP contribution in [0.15, 0.2) is 0 Å². The second kappa shape index (κ2) is 7.42. The fourth-order valence-electron chi connectivity index (χ4n) is 3.74. The summed E-state index contributed by atoms with van der Waals surface area (Å²) in [6.45, 7) is 8.35. The molecule has 1 saturated carbocycles. The number of ether oxygens (including phenoxy) is 1. The molecule has 2 fully saturated rings. The highest BCUT2D eigenvalue weighted by atomic mass is 32.2. The lowest BCUT2D eigenvalue weighted by Crippen LogP contribution is -2.37. The van der Waals surface area contributed by atoms with Gasteiger partial charge in [0.2, 0.25) is 0 Å². The monoisotopic (exact) mass is 317 g/mol. The Morgan fingerprint density at radius 1 is 1.24 bits per heavy atom. The molecule has 1 aliphatic carbocycles. The van der Waals surface area contributed by atoms with Gasteiger partial charge in [0, 0.05) is 12.6 Å². The zero-order chi connectivity index (χ0) is 15.5. The average Bonchev–Trinajstić information content (AvgIpc) is 2.74. The summed E-state index contributed by atoms with van der Waals surface area (Å²) in [6, 6.07) is 0.129. The minimum absolute atomic E-state index is 0.129. The summed E-state index contributed by atoms with van der Waals surface area (Å²) in [4.78, 5) is 0. The van der Waals surface area contributed by atoms with Crippen molar-refractivity contribution >= 4 is 9.84 Å². The van der Waals surface area contributed by atoms with Crippen LogP contribution >= 0.6 is 0 Å². The van der Waals surface area contributed by atoms with E-state index in [4.69, 9.17) is 4.74 Å². The molecule has 1 N–H and O–H groups in total. The van der Waals surface area contributed by atoms with Crippen LogP contribution < -0.4 is 5.32 Å². The van der Waals surface area contributed by atoms with Gasteiger partial charge in [-0.25, -0.2) is 8.42 Å². The lowest BCUT2D eigenvalue weighted by atomic mass is 9.75. The van der Waals surface area contributed by atoms with E-state index in [2.05, 4.69) is 26.1 Å². The molecule has 2 rings (SSSR count). The summed E-state index contributed by atoms with van der Waals surface area (Å²) >= 11 is 0. The highest BCUT2D eigenvalue weighted by Gasteiger charge is 2.31. The number of hydrogen-bond acceptors (Lipinski definition) is 4. The largest absolute Gasteiger partial charge is 0.377 e. The molecule has 0 amide bonds. The fraction of sp³-hybridized carbons (Fsp3) is 1.00. The molecule has 0 radical (unpaired) electrons. The SMILES string of the molecule is CC1CCC(C(C)C)C(OCCNC2CCS(=O)(=O)C2)C1. The lowest BCUT2D eigenvalue weighted by Gasteiger charge is -2.37. The number of rotatable bonds is 6. The van der Waals surface area contributed by atoms with E-state index in [1.54, 1.807) is 0 Å². The Hall–Kier alpha value is -0.130. The molecule has 124 valence electrons. The van der Waals surface area contributed by atoms with Crippen LogP contribution in [0.4, 0.5) is 0 Å². The van der Waals surface area contributed by atoms with Gasteiger partial charge >= 0.3 is 0 Å². The molecule has 4 atom stereocenters. The van der Waals surface area contributed by atoms with Crippen molar-refractivity contribution in [3.63, 3.8) is 0 Å². The zero-order valence-corrected chi connectivity index (χ0v) is 14.5. The van der Waals surface area contributed by atoms with Gasteiger partial charge in [-0.3, -0.25) is 0 Å². The van der Waals surface area contributed by atoms with Crippen LogP contribution in [0.5, 0.6) is 0 Å². The third-order valence-corrected chi connectivity index (χ3v) is 6.83. The smallest absolute Gasteiger partial charge is 0.151 e. The van der Waals surface area contributed by atoms with Crippen LogP contribution in [0.2, 0.25) is 0 Å². The van der Waals surface area contributed by atoms with Gasteiger partial charge in [-0.15, -0.1) is 0 Å². The zero-order valence-electron chi connectivity index (χ0n) is 13.7. The summed E-state index contributed by atoms with van der Waals surface area (Å²) in [7, 11) is -2.78. The second-order valence-corrected chi connectivity index (χ2v) is 9.52. The van der Waals surface area contributed by atoms with Gasteiger partial charge in [0.15, 0.2) is 9.84 Å². The van der Waals surface area contributed by atoms with Crippen LogP contribution in [0.25, 0.3) is 0 Å². The van der Waals surface area contributed by atoms with Crippen LogP contribution in [0.1, 0.15) is 46.5 Å². The van der Waals surface area contributed by atoms with Gasteiger partial charge < -0.3 is 10.1 Å². The van der Waals surface area contributed by atoms with E-state index in [0.717, 1.165) is 18.9 Å². The van der Waals surface area contributed by atoms with E-state index in [9.17, 15) is 8.42 Å². The lowest BCUT2D eigenvalue weighted by molar-refractivity contribution is -0.0370. The summed E-state index contributed by atoms with van der Waals surface area (Å²) in [6.07, 6.45) is 4.89. The maximum Gasteiger partial charge on any atom is 0.151 e. The minimum Gasteiger partial charge on any atom is -0.377 e. The van der Waals surface area contributed by atoms with Gasteiger partial charge in [-0.1, -0.05) is 27.2 Å². The maximum absolute atomic E-state index is 11.4. The Balaban J connectivity index is 1.69. The predicted molar refractivity (Wildman–Crippen MR) is 86.1 cm³/mol. The molecule has 0 spiro atoms. The van der Waals surface area contributed by atoms with Crippen molar-refractivity contribution < 1.29 is 13.2 Å². The van der Waals surface area contributed by atoms with Crippen molar-refractivity contribution in [2.45, 2.75) is 58.6 Å². The summed E-state index contributed by atoms with van der Waals surface area (Å²) in [5, 5.41) is 3.33. The third-order valence-electron chi connectivity index (χ3n) is 5.06. The highest BCUT2D eigenvalue weighted by molar-refractivity contribution is 7.91. The molecule has 0 aromatic heterocycles. The molecule has 2 aliphatic rings. The van der Waals surface area contributed by atoms with Crippen LogP contribution in [0, 0.1) is 17.8 Å². The Bertz CT molecular complexity index is 421. The van der Waals surface area contributed by atoms with E-state index < -0.39 is 9.84 Å². The molecule has 0 aromatic rings. The van der Waals surface area contributed by atoms with E-state index in [1.807, 2.05) is 0 Å². The summed E-state index contributed by atoms with van der Waals surface area (Å²) in [5.41, 5.74) is 0. The van der Waals surface area contributed by atoms with E-state index >= 15 is 0 Å². The van der Waals surface area contributed by atoms with Gasteiger partial charge in [-0.05, 0) is 37.0 Å². The van der Waals surface area contributed by atoms with Gasteiger partial charge in [0.1, 0.15) is 0 Å². The normalized spacial score (nSPS) is 36.2. The fourth-order valence-corrected chi connectivity index (χ4v) is 5.44. The Labute approximate surface area is 129 Å². The Kier molecular flexibility index (Phi) is 6.09. The summed E-state index contributed by atoms with van der Waals surface area (Å²) < 4.78 is 28.9. The molecule has 1 saturated heterocycles. The average molecular weight is 317 g/mol. The van der Waals surface area contributed by atoms with Crippen molar-refractivity contribution in [2.24, 2.45) is 17.8 Å². The van der Waals surface area contributed by atoms with Crippen LogP contribution in [0.3, 0.4) is 0 Å². The first-order valence-electron chi connectivity index (χ1n) is 8.43. The first-order chi connectivity index (χ1) is 9.87. The quantitative estimate of drug-likeness (QED) is 0.763. The van der Waals surface area contributed by atoms with Crippen molar-refractivity contribution in [1.82, 2.24) is 5.32 Å². The molecular weight excluding hydrogens is 286 g/mol. The highest BCUT2D eigenvalue weighted by Crippen LogP contribution is 2.35. The van der Waals surface area contributed by atoms with Crippen molar-refractivity contribution in [3.8, 4) is 0 Å². The Morgan fingerprint density at radius 2 is 2.00 bits per heavy atom. The first kappa shape index (κ1) is 17.2. The summed E-state index contributed by atoms with van der Waals surface area (Å²) in [5.74, 6) is 2.74. The number of nitrogens with one attached hydrogen (secondary N) is 1. The molecule has 4 nitrogen and oxygen atoms in total. The maximum atomic E-state index is 11.4. The van der Waals surface area contributed by atoms with Crippen molar-refractivity contribution in [2.75, 3.05) is 24.7 Å². The van der Waals surface area contributed by atoms with E-state index in [1.165, 1.54) is 19.3 Å². The van der Waals surface area contributed by atoms with E-state index in [-0.39, 0.29) is 6.04 Å². The second-order valence-electron chi connectivity index (χ2n) is 7.29. The Morgan fingerprint density at radius 3 is 2.62 bits per heavy atom. The molecule has 1 aliphatic heterocycles. The molecule has 21 heavy (non-hydrogen) atoms. The number of hydrogen-bond donors (Lipinski definition) is 1. The van der Waals surface area contributed by atoms with Gasteiger partial charge in [0.25, 0.3) is 0 Å². The molecule has 1 heterocycles. The van der Waals surface area contributed by atoms with Crippen molar-refractivity contribution in [1.29, 1.82) is 0 Å². The van der Waals surface area contributed by atoms with Crippen LogP contribution in [-0.4, -0.2) is 45.2 Å². The van der Waals surface area contributed by atoms with Gasteiger partial charge in [0.05, 0.1) is 24.2 Å². The molecule has 4 unspecified atom stereocenters. The minimum atomic E-state index is -2.78.